The number of rotatable bonds is 9. The van der Waals surface area contributed by atoms with E-state index in [2.05, 4.69) is 0 Å². The maximum Gasteiger partial charge on any atom is 0.410 e. The molecule has 0 bridgehead atoms. The first-order chi connectivity index (χ1) is 16.7. The first-order valence-corrected chi connectivity index (χ1v) is 11.2. The van der Waals surface area contributed by atoms with Gasteiger partial charge >= 0.3 is 6.09 Å². The van der Waals surface area contributed by atoms with Gasteiger partial charge in [-0.1, -0.05) is 84.9 Å². The highest BCUT2D eigenvalue weighted by Gasteiger charge is 2.16. The molecular formula is C29H28N2O3. The summed E-state index contributed by atoms with van der Waals surface area (Å²) in [4.78, 5) is 14.7. The van der Waals surface area contributed by atoms with E-state index in [4.69, 9.17) is 15.2 Å². The molecule has 0 spiro atoms. The van der Waals surface area contributed by atoms with E-state index in [0.29, 0.717) is 25.4 Å². The Labute approximate surface area is 200 Å². The fourth-order valence-electron chi connectivity index (χ4n) is 3.56. The van der Waals surface area contributed by atoms with Crippen LogP contribution in [-0.4, -0.2) is 11.0 Å². The van der Waals surface area contributed by atoms with Crippen molar-refractivity contribution in [3.63, 3.8) is 0 Å². The Morgan fingerprint density at radius 3 is 1.88 bits per heavy atom. The van der Waals surface area contributed by atoms with Gasteiger partial charge in [0.15, 0.2) is 0 Å². The summed E-state index contributed by atoms with van der Waals surface area (Å²) in [5.41, 5.74) is 10.5. The zero-order chi connectivity index (χ0) is 23.6. The highest BCUT2D eigenvalue weighted by atomic mass is 16.6. The van der Waals surface area contributed by atoms with Crippen molar-refractivity contribution in [1.82, 2.24) is 4.90 Å². The number of nitrogen functional groups attached to an aromatic ring is 1. The Kier molecular flexibility index (Phi) is 7.80. The number of hydrogen-bond donors (Lipinski definition) is 1. The lowest BCUT2D eigenvalue weighted by Crippen LogP contribution is -2.30. The minimum atomic E-state index is -0.352. The third kappa shape index (κ3) is 6.87. The molecule has 0 atom stereocenters. The maximum absolute atomic E-state index is 12.9. The van der Waals surface area contributed by atoms with Crippen LogP contribution >= 0.6 is 0 Å². The van der Waals surface area contributed by atoms with Gasteiger partial charge in [-0.25, -0.2) is 4.79 Å². The Morgan fingerprint density at radius 2 is 1.24 bits per heavy atom. The summed E-state index contributed by atoms with van der Waals surface area (Å²) >= 11 is 0. The van der Waals surface area contributed by atoms with Crippen LogP contribution in [0.3, 0.4) is 0 Å². The van der Waals surface area contributed by atoms with E-state index in [-0.39, 0.29) is 12.7 Å². The van der Waals surface area contributed by atoms with Crippen molar-refractivity contribution in [2.45, 2.75) is 26.3 Å². The molecule has 4 aromatic carbocycles. The van der Waals surface area contributed by atoms with Crippen molar-refractivity contribution in [3.8, 4) is 5.75 Å². The Hall–Kier alpha value is -4.25. The lowest BCUT2D eigenvalue weighted by atomic mass is 10.1. The van der Waals surface area contributed by atoms with Gasteiger partial charge in [0.1, 0.15) is 19.0 Å². The molecule has 2 N–H and O–H groups in total. The average molecular weight is 453 g/mol. The Morgan fingerprint density at radius 1 is 0.647 bits per heavy atom. The number of ether oxygens (including phenoxy) is 2. The number of nitrogens with zero attached hydrogens (tertiary/aromatic N) is 1. The van der Waals surface area contributed by atoms with E-state index < -0.39 is 0 Å². The molecule has 1 amide bonds. The van der Waals surface area contributed by atoms with Crippen molar-refractivity contribution in [1.29, 1.82) is 0 Å². The minimum Gasteiger partial charge on any atom is -0.489 e. The van der Waals surface area contributed by atoms with Crippen LogP contribution in [0.5, 0.6) is 5.75 Å². The van der Waals surface area contributed by atoms with Crippen LogP contribution in [0.1, 0.15) is 22.3 Å². The van der Waals surface area contributed by atoms with Gasteiger partial charge in [-0.05, 0) is 46.5 Å². The molecule has 4 rings (SSSR count). The van der Waals surface area contributed by atoms with Gasteiger partial charge in [0.25, 0.3) is 0 Å². The van der Waals surface area contributed by atoms with Crippen LogP contribution in [0, 0.1) is 0 Å². The summed E-state index contributed by atoms with van der Waals surface area (Å²) in [5, 5.41) is 0. The monoisotopic (exact) mass is 452 g/mol. The quantitative estimate of drug-likeness (QED) is 0.308. The number of carbonyl (C=O) groups is 1. The molecule has 5 heteroatoms. The first-order valence-electron chi connectivity index (χ1n) is 11.2. The molecule has 0 radical (unpaired) electrons. The normalized spacial score (nSPS) is 10.5. The number of amides is 1. The van der Waals surface area contributed by atoms with Crippen LogP contribution in [0.2, 0.25) is 0 Å². The molecule has 34 heavy (non-hydrogen) atoms. The summed E-state index contributed by atoms with van der Waals surface area (Å²) in [7, 11) is 0. The van der Waals surface area contributed by atoms with Crippen molar-refractivity contribution < 1.29 is 14.3 Å². The molecule has 0 aliphatic rings. The second kappa shape index (κ2) is 11.6. The van der Waals surface area contributed by atoms with Gasteiger partial charge in [0.2, 0.25) is 0 Å². The SMILES string of the molecule is Nc1cccc(COc2ccc(CN(Cc3ccccc3)C(=O)OCc3ccccc3)cc2)c1. The molecule has 0 aliphatic carbocycles. The van der Waals surface area contributed by atoms with Crippen molar-refractivity contribution in [3.05, 3.63) is 131 Å². The predicted octanol–water partition coefficient (Wildman–Crippen LogP) is 6.19. The predicted molar refractivity (Wildman–Crippen MR) is 134 cm³/mol. The van der Waals surface area contributed by atoms with Gasteiger partial charge in [0, 0.05) is 18.8 Å². The lowest BCUT2D eigenvalue weighted by molar-refractivity contribution is 0.0910. The highest BCUT2D eigenvalue weighted by molar-refractivity contribution is 5.67. The molecule has 0 aliphatic heterocycles. The van der Waals surface area contributed by atoms with Crippen molar-refractivity contribution in [2.75, 3.05) is 5.73 Å². The van der Waals surface area contributed by atoms with E-state index in [1.165, 1.54) is 0 Å². The molecule has 0 aromatic heterocycles. The third-order valence-electron chi connectivity index (χ3n) is 5.33. The first kappa shape index (κ1) is 22.9. The van der Waals surface area contributed by atoms with Crippen molar-refractivity contribution in [2.24, 2.45) is 0 Å². The molecule has 0 saturated carbocycles. The Bertz CT molecular complexity index is 1180. The summed E-state index contributed by atoms with van der Waals surface area (Å²) in [5.74, 6) is 0.757. The topological polar surface area (TPSA) is 64.8 Å². The third-order valence-corrected chi connectivity index (χ3v) is 5.33. The van der Waals surface area contributed by atoms with Crippen LogP contribution < -0.4 is 10.5 Å². The van der Waals surface area contributed by atoms with E-state index in [1.807, 2.05) is 109 Å². The summed E-state index contributed by atoms with van der Waals surface area (Å²) in [6.45, 7) is 1.57. The zero-order valence-corrected chi connectivity index (χ0v) is 19.0. The van der Waals surface area contributed by atoms with Gasteiger partial charge in [-0.3, -0.25) is 4.90 Å². The number of hydrogen-bond acceptors (Lipinski definition) is 4. The largest absolute Gasteiger partial charge is 0.489 e. The van der Waals surface area contributed by atoms with E-state index in [9.17, 15) is 4.79 Å². The smallest absolute Gasteiger partial charge is 0.410 e. The second-order valence-corrected chi connectivity index (χ2v) is 8.06. The fourth-order valence-corrected chi connectivity index (χ4v) is 3.56. The molecule has 0 heterocycles. The van der Waals surface area contributed by atoms with Crippen LogP contribution in [0.15, 0.2) is 109 Å². The number of carbonyl (C=O) groups excluding carboxylic acids is 1. The highest BCUT2D eigenvalue weighted by Crippen LogP contribution is 2.18. The number of benzene rings is 4. The Balaban J connectivity index is 1.39. The summed E-state index contributed by atoms with van der Waals surface area (Å²) in [6, 6.07) is 35.0. The molecule has 0 fully saturated rings. The molecule has 0 saturated heterocycles. The maximum atomic E-state index is 12.9. The van der Waals surface area contributed by atoms with Crippen LogP contribution in [-0.2, 0) is 31.0 Å². The standard InChI is InChI=1S/C29H28N2O3/c30-27-13-7-12-26(18-27)22-33-28-16-14-24(15-17-28)20-31(19-23-8-3-1-4-9-23)29(32)34-21-25-10-5-2-6-11-25/h1-18H,19-22,30H2. The van der Waals surface area contributed by atoms with Gasteiger partial charge in [-0.15, -0.1) is 0 Å². The van der Waals surface area contributed by atoms with Crippen LogP contribution in [0.25, 0.3) is 0 Å². The molecule has 5 nitrogen and oxygen atoms in total. The molecular weight excluding hydrogens is 424 g/mol. The second-order valence-electron chi connectivity index (χ2n) is 8.06. The summed E-state index contributed by atoms with van der Waals surface area (Å²) in [6.07, 6.45) is -0.352. The van der Waals surface area contributed by atoms with E-state index in [0.717, 1.165) is 28.0 Å². The van der Waals surface area contributed by atoms with Gasteiger partial charge in [-0.2, -0.15) is 0 Å². The minimum absolute atomic E-state index is 0.238. The van der Waals surface area contributed by atoms with Crippen molar-refractivity contribution >= 4 is 11.8 Å². The van der Waals surface area contributed by atoms with E-state index >= 15 is 0 Å². The molecule has 172 valence electrons. The van der Waals surface area contributed by atoms with Gasteiger partial charge < -0.3 is 15.2 Å². The number of nitrogens with two attached hydrogens (primary N) is 1. The fraction of sp³-hybridized carbons (Fsp3) is 0.138. The summed E-state index contributed by atoms with van der Waals surface area (Å²) < 4.78 is 11.5. The van der Waals surface area contributed by atoms with E-state index in [1.54, 1.807) is 4.90 Å². The zero-order valence-electron chi connectivity index (χ0n) is 19.0. The number of anilines is 1. The molecule has 4 aromatic rings. The van der Waals surface area contributed by atoms with Gasteiger partial charge in [0.05, 0.1) is 0 Å². The lowest BCUT2D eigenvalue weighted by Gasteiger charge is -2.22. The molecule has 0 unspecified atom stereocenters. The average Bonchev–Trinajstić information content (AvgIpc) is 2.88. The van der Waals surface area contributed by atoms with Crippen LogP contribution in [0.4, 0.5) is 10.5 Å².